The molecular weight excluding hydrogens is 376 g/mol. The fourth-order valence-corrected chi connectivity index (χ4v) is 3.82. The number of hydrogen-bond acceptors (Lipinski definition) is 3. The van der Waals surface area contributed by atoms with Gasteiger partial charge >= 0.3 is 6.03 Å². The van der Waals surface area contributed by atoms with Gasteiger partial charge in [0, 0.05) is 0 Å². The highest BCUT2D eigenvalue weighted by Crippen LogP contribution is 2.35. The van der Waals surface area contributed by atoms with Crippen LogP contribution in [0.3, 0.4) is 0 Å². The number of nitrogens with one attached hydrogen (secondary N) is 1. The zero-order valence-corrected chi connectivity index (χ0v) is 17.1. The number of nitrogens with zero attached hydrogens (tertiary/aromatic N) is 1. The van der Waals surface area contributed by atoms with Gasteiger partial charge in [0.25, 0.3) is 5.91 Å². The zero-order valence-electron chi connectivity index (χ0n) is 17.1. The Labute approximate surface area is 176 Å². The van der Waals surface area contributed by atoms with Crippen LogP contribution in [0.1, 0.15) is 22.3 Å². The van der Waals surface area contributed by atoms with Crippen molar-refractivity contribution < 1.29 is 14.3 Å². The molecule has 4 rings (SSSR count). The van der Waals surface area contributed by atoms with E-state index in [1.54, 1.807) is 0 Å². The summed E-state index contributed by atoms with van der Waals surface area (Å²) in [5.41, 5.74) is 2.33. The number of amides is 3. The molecule has 5 heteroatoms. The van der Waals surface area contributed by atoms with E-state index in [0.717, 1.165) is 28.0 Å². The second-order valence-electron chi connectivity index (χ2n) is 7.49. The summed E-state index contributed by atoms with van der Waals surface area (Å²) in [7, 11) is 0. The van der Waals surface area contributed by atoms with Gasteiger partial charge in [0.15, 0.2) is 5.54 Å². The lowest BCUT2D eigenvalue weighted by Gasteiger charge is -2.28. The van der Waals surface area contributed by atoms with E-state index >= 15 is 0 Å². The Morgan fingerprint density at radius 1 is 0.867 bits per heavy atom. The highest BCUT2D eigenvalue weighted by atomic mass is 16.5. The lowest BCUT2D eigenvalue weighted by atomic mass is 9.82. The number of carbonyl (C=O) groups excluding carboxylic acids is 2. The van der Waals surface area contributed by atoms with Crippen LogP contribution in [-0.4, -0.2) is 30.0 Å². The molecule has 0 aromatic heterocycles. The number of urea groups is 1. The van der Waals surface area contributed by atoms with Crippen molar-refractivity contribution in [3.63, 3.8) is 0 Å². The molecule has 0 unspecified atom stereocenters. The van der Waals surface area contributed by atoms with E-state index in [-0.39, 0.29) is 19.1 Å². The minimum Gasteiger partial charge on any atom is -0.491 e. The maximum absolute atomic E-state index is 13.6. The predicted octanol–water partition coefficient (Wildman–Crippen LogP) is 4.18. The van der Waals surface area contributed by atoms with E-state index in [0.29, 0.717) is 0 Å². The van der Waals surface area contributed by atoms with Crippen LogP contribution in [0.25, 0.3) is 0 Å². The topological polar surface area (TPSA) is 58.6 Å². The normalized spacial score (nSPS) is 15.2. The molecule has 0 spiro atoms. The van der Waals surface area contributed by atoms with Crippen molar-refractivity contribution in [2.24, 2.45) is 0 Å². The molecule has 3 amide bonds. The quantitative estimate of drug-likeness (QED) is 0.632. The number of ether oxygens (including phenoxy) is 1. The Hall–Kier alpha value is -3.60. The Balaban J connectivity index is 1.60. The standard InChI is InChI=1S/C25H24N2O3/c1-18-13-14-19(2)22(17-18)30-16-15-27-23(28)25(26-24(27)29,20-9-5-3-6-10-20)21-11-7-4-8-12-21/h3-14,17H,15-16H2,1-2H3,(H,26,29). The molecule has 1 heterocycles. The molecule has 0 atom stereocenters. The second-order valence-corrected chi connectivity index (χ2v) is 7.49. The minimum atomic E-state index is -1.24. The molecular formula is C25H24N2O3. The van der Waals surface area contributed by atoms with Gasteiger partial charge in [-0.1, -0.05) is 72.8 Å². The molecule has 0 bridgehead atoms. The van der Waals surface area contributed by atoms with Crippen LogP contribution in [0.2, 0.25) is 0 Å². The summed E-state index contributed by atoms with van der Waals surface area (Å²) in [5, 5.41) is 2.95. The first-order valence-electron chi connectivity index (χ1n) is 9.97. The smallest absolute Gasteiger partial charge is 0.325 e. The summed E-state index contributed by atoms with van der Waals surface area (Å²) < 4.78 is 5.88. The molecule has 1 aliphatic rings. The van der Waals surface area contributed by atoms with Gasteiger partial charge in [0.05, 0.1) is 6.54 Å². The number of imide groups is 1. The largest absolute Gasteiger partial charge is 0.491 e. The molecule has 0 radical (unpaired) electrons. The van der Waals surface area contributed by atoms with E-state index in [1.807, 2.05) is 92.7 Å². The van der Waals surface area contributed by atoms with Crippen LogP contribution < -0.4 is 10.1 Å². The van der Waals surface area contributed by atoms with E-state index < -0.39 is 11.6 Å². The first-order valence-corrected chi connectivity index (χ1v) is 9.97. The van der Waals surface area contributed by atoms with Gasteiger partial charge in [-0.25, -0.2) is 4.79 Å². The van der Waals surface area contributed by atoms with E-state index in [1.165, 1.54) is 4.90 Å². The highest BCUT2D eigenvalue weighted by Gasteiger charge is 2.53. The molecule has 3 aromatic carbocycles. The average molecular weight is 400 g/mol. The molecule has 3 aromatic rings. The zero-order chi connectivity index (χ0) is 21.1. The van der Waals surface area contributed by atoms with Gasteiger partial charge in [0.2, 0.25) is 0 Å². The van der Waals surface area contributed by atoms with Crippen LogP contribution >= 0.6 is 0 Å². The monoisotopic (exact) mass is 400 g/mol. The fraction of sp³-hybridized carbons (Fsp3) is 0.200. The highest BCUT2D eigenvalue weighted by molar-refractivity contribution is 6.09. The van der Waals surface area contributed by atoms with Crippen molar-refractivity contribution in [1.82, 2.24) is 10.2 Å². The lowest BCUT2D eigenvalue weighted by molar-refractivity contribution is -0.130. The second kappa shape index (κ2) is 8.03. The van der Waals surface area contributed by atoms with Gasteiger partial charge in [-0.05, 0) is 42.2 Å². The Morgan fingerprint density at radius 2 is 1.47 bits per heavy atom. The minimum absolute atomic E-state index is 0.166. The first-order chi connectivity index (χ1) is 14.5. The average Bonchev–Trinajstić information content (AvgIpc) is 3.03. The molecule has 1 fully saturated rings. The molecule has 152 valence electrons. The van der Waals surface area contributed by atoms with Crippen molar-refractivity contribution in [1.29, 1.82) is 0 Å². The summed E-state index contributed by atoms with van der Waals surface area (Å²) in [6, 6.07) is 24.2. The Kier molecular flexibility index (Phi) is 5.27. The van der Waals surface area contributed by atoms with Gasteiger partial charge < -0.3 is 10.1 Å². The molecule has 1 aliphatic heterocycles. The first kappa shape index (κ1) is 19.7. The molecule has 5 nitrogen and oxygen atoms in total. The SMILES string of the molecule is Cc1ccc(C)c(OCCN2C(=O)NC(c3ccccc3)(c3ccccc3)C2=O)c1. The van der Waals surface area contributed by atoms with Crippen molar-refractivity contribution >= 4 is 11.9 Å². The van der Waals surface area contributed by atoms with E-state index in [2.05, 4.69) is 5.32 Å². The van der Waals surface area contributed by atoms with E-state index in [9.17, 15) is 9.59 Å². The molecule has 0 saturated carbocycles. The van der Waals surface area contributed by atoms with Crippen LogP contribution in [0.4, 0.5) is 4.79 Å². The van der Waals surface area contributed by atoms with Crippen LogP contribution in [0.5, 0.6) is 5.75 Å². The number of aryl methyl sites for hydroxylation is 2. The number of hydrogen-bond donors (Lipinski definition) is 1. The lowest BCUT2D eigenvalue weighted by Crippen LogP contribution is -2.45. The number of rotatable bonds is 6. The molecule has 1 N–H and O–H groups in total. The maximum atomic E-state index is 13.6. The summed E-state index contributed by atoms with van der Waals surface area (Å²) >= 11 is 0. The molecule has 30 heavy (non-hydrogen) atoms. The van der Waals surface area contributed by atoms with Crippen LogP contribution in [-0.2, 0) is 10.3 Å². The summed E-state index contributed by atoms with van der Waals surface area (Å²) in [6.45, 7) is 4.36. The fourth-order valence-electron chi connectivity index (χ4n) is 3.82. The number of carbonyl (C=O) groups is 2. The maximum Gasteiger partial charge on any atom is 0.325 e. The van der Waals surface area contributed by atoms with E-state index in [4.69, 9.17) is 4.74 Å². The van der Waals surface area contributed by atoms with Gasteiger partial charge in [-0.3, -0.25) is 9.69 Å². The van der Waals surface area contributed by atoms with Gasteiger partial charge in [-0.15, -0.1) is 0 Å². The van der Waals surface area contributed by atoms with Crippen molar-refractivity contribution in [2.75, 3.05) is 13.2 Å². The van der Waals surface area contributed by atoms with Crippen molar-refractivity contribution in [2.45, 2.75) is 19.4 Å². The van der Waals surface area contributed by atoms with Crippen LogP contribution in [0.15, 0.2) is 78.9 Å². The molecule has 0 aliphatic carbocycles. The molecule has 1 saturated heterocycles. The third-order valence-electron chi connectivity index (χ3n) is 5.44. The van der Waals surface area contributed by atoms with Crippen LogP contribution in [0, 0.1) is 13.8 Å². The third-order valence-corrected chi connectivity index (χ3v) is 5.44. The summed E-state index contributed by atoms with van der Waals surface area (Å²) in [4.78, 5) is 27.7. The number of benzene rings is 3. The Morgan fingerprint density at radius 3 is 2.07 bits per heavy atom. The van der Waals surface area contributed by atoms with Crippen molar-refractivity contribution in [3.8, 4) is 5.75 Å². The van der Waals surface area contributed by atoms with Crippen molar-refractivity contribution in [3.05, 3.63) is 101 Å². The summed E-state index contributed by atoms with van der Waals surface area (Å²) in [5.74, 6) is 0.467. The van der Waals surface area contributed by atoms with Gasteiger partial charge in [-0.2, -0.15) is 0 Å². The predicted molar refractivity (Wildman–Crippen MR) is 115 cm³/mol. The van der Waals surface area contributed by atoms with Gasteiger partial charge in [0.1, 0.15) is 12.4 Å². The third kappa shape index (κ3) is 3.43. The Bertz CT molecular complexity index is 1020. The summed E-state index contributed by atoms with van der Waals surface area (Å²) in [6.07, 6.45) is 0.